The van der Waals surface area contributed by atoms with Crippen molar-refractivity contribution in [1.82, 2.24) is 19.2 Å². The van der Waals surface area contributed by atoms with E-state index in [2.05, 4.69) is 4.72 Å². The third kappa shape index (κ3) is 4.47. The van der Waals surface area contributed by atoms with Crippen molar-refractivity contribution < 1.29 is 8.42 Å². The fourth-order valence-corrected chi connectivity index (χ4v) is 5.09. The second-order valence-electron chi connectivity index (χ2n) is 6.78. The number of likely N-dealkylation sites (N-methyl/N-ethyl adjacent to an activating group) is 1. The van der Waals surface area contributed by atoms with E-state index in [0.29, 0.717) is 23.8 Å². The number of halogens is 1. The van der Waals surface area contributed by atoms with Crippen LogP contribution in [0, 0.1) is 6.92 Å². The average molecular weight is 439 g/mol. The van der Waals surface area contributed by atoms with E-state index < -0.39 is 10.0 Å². The second-order valence-corrected chi connectivity index (χ2v) is 9.81. The Kier molecular flexibility index (Phi) is 6.26. The lowest BCUT2D eigenvalue weighted by Gasteiger charge is -2.11. The Balaban J connectivity index is 1.90. The summed E-state index contributed by atoms with van der Waals surface area (Å²) in [5.41, 5.74) is 3.26. The third-order valence-electron chi connectivity index (χ3n) is 4.49. The van der Waals surface area contributed by atoms with Crippen molar-refractivity contribution in [3.63, 3.8) is 0 Å². The van der Waals surface area contributed by atoms with E-state index in [-0.39, 0.29) is 4.90 Å². The van der Waals surface area contributed by atoms with Gasteiger partial charge < -0.3 is 9.47 Å². The predicted octanol–water partition coefficient (Wildman–Crippen LogP) is 3.62. The van der Waals surface area contributed by atoms with Gasteiger partial charge in [0.2, 0.25) is 10.0 Å². The molecule has 0 saturated carbocycles. The maximum absolute atomic E-state index is 12.7. The monoisotopic (exact) mass is 438 g/mol. The quantitative estimate of drug-likeness (QED) is 0.611. The number of nitrogens with zero attached hydrogens (tertiary/aromatic N) is 3. The first-order valence-electron chi connectivity index (χ1n) is 8.71. The first-order valence-corrected chi connectivity index (χ1v) is 11.5. The molecule has 9 heteroatoms. The molecule has 0 bridgehead atoms. The summed E-state index contributed by atoms with van der Waals surface area (Å²) in [5, 5.41) is 3.41. The lowest BCUT2D eigenvalue weighted by molar-refractivity contribution is 0.412. The minimum Gasteiger partial charge on any atom is -0.345 e. The predicted molar refractivity (Wildman–Crippen MR) is 115 cm³/mol. The van der Waals surface area contributed by atoms with Crippen molar-refractivity contribution in [1.29, 1.82) is 0 Å². The number of rotatable bonds is 7. The van der Waals surface area contributed by atoms with Gasteiger partial charge in [-0.05, 0) is 39.2 Å². The zero-order valence-electron chi connectivity index (χ0n) is 16.2. The molecule has 0 amide bonds. The van der Waals surface area contributed by atoms with Crippen LogP contribution in [0.4, 0.5) is 0 Å². The molecule has 0 aliphatic heterocycles. The summed E-state index contributed by atoms with van der Waals surface area (Å²) in [6, 6.07) is 9.18. The molecule has 0 spiro atoms. The molecule has 2 aromatic heterocycles. The number of benzene rings is 1. The second kappa shape index (κ2) is 8.34. The molecule has 0 fully saturated rings. The lowest BCUT2D eigenvalue weighted by atomic mass is 10.2. The highest BCUT2D eigenvalue weighted by molar-refractivity contribution is 7.89. The Morgan fingerprint density at radius 2 is 1.93 bits per heavy atom. The number of hydrogen-bond donors (Lipinski definition) is 1. The van der Waals surface area contributed by atoms with E-state index in [4.69, 9.17) is 16.6 Å². The highest BCUT2D eigenvalue weighted by Gasteiger charge is 2.23. The molecular weight excluding hydrogens is 416 g/mol. The van der Waals surface area contributed by atoms with Gasteiger partial charge in [0.05, 0.1) is 11.4 Å². The summed E-state index contributed by atoms with van der Waals surface area (Å²) in [6.45, 7) is 2.80. The van der Waals surface area contributed by atoms with Gasteiger partial charge in [0.1, 0.15) is 9.90 Å². The molecule has 0 aliphatic rings. The van der Waals surface area contributed by atoms with Crippen LogP contribution in [-0.4, -0.2) is 50.1 Å². The zero-order chi connectivity index (χ0) is 20.5. The number of nitrogens with one attached hydrogen (secondary N) is 1. The van der Waals surface area contributed by atoms with Gasteiger partial charge in [0.15, 0.2) is 0 Å². The van der Waals surface area contributed by atoms with Gasteiger partial charge in [0.25, 0.3) is 0 Å². The van der Waals surface area contributed by atoms with Crippen LogP contribution in [0.15, 0.2) is 40.6 Å². The Morgan fingerprint density at radius 1 is 1.25 bits per heavy atom. The van der Waals surface area contributed by atoms with Crippen molar-refractivity contribution in [3.05, 3.63) is 46.4 Å². The lowest BCUT2D eigenvalue weighted by Crippen LogP contribution is -2.31. The summed E-state index contributed by atoms with van der Waals surface area (Å²) >= 11 is 7.43. The van der Waals surface area contributed by atoms with Crippen LogP contribution >= 0.6 is 22.9 Å². The summed E-state index contributed by atoms with van der Waals surface area (Å²) < 4.78 is 30.0. The van der Waals surface area contributed by atoms with E-state index in [0.717, 1.165) is 22.0 Å². The SMILES string of the molecule is Cc1c(S(=O)(=O)NCCN(C)C)cc(-c2nc(-c3ccc(Cl)cc3)cs2)n1C. The highest BCUT2D eigenvalue weighted by Crippen LogP contribution is 2.32. The van der Waals surface area contributed by atoms with Gasteiger partial charge in [-0.2, -0.15) is 0 Å². The molecule has 0 radical (unpaired) electrons. The summed E-state index contributed by atoms with van der Waals surface area (Å²) in [4.78, 5) is 6.91. The standard InChI is InChI=1S/C19H23ClN4O2S2/c1-13-18(28(25,26)21-9-10-23(2)3)11-17(24(13)4)19-22-16(12-27-19)14-5-7-15(20)8-6-14/h5-8,11-12,21H,9-10H2,1-4H3. The van der Waals surface area contributed by atoms with Gasteiger partial charge in [0, 0.05) is 41.8 Å². The number of aromatic nitrogens is 2. The fourth-order valence-electron chi connectivity index (χ4n) is 2.77. The topological polar surface area (TPSA) is 67.2 Å². The van der Waals surface area contributed by atoms with Gasteiger partial charge in [-0.25, -0.2) is 18.1 Å². The molecule has 0 aliphatic carbocycles. The van der Waals surface area contributed by atoms with Gasteiger partial charge in [-0.3, -0.25) is 0 Å². The zero-order valence-corrected chi connectivity index (χ0v) is 18.6. The molecule has 1 N–H and O–H groups in total. The summed E-state index contributed by atoms with van der Waals surface area (Å²) in [6.07, 6.45) is 0. The van der Waals surface area contributed by atoms with Crippen molar-refractivity contribution in [2.24, 2.45) is 7.05 Å². The molecule has 0 saturated heterocycles. The molecular formula is C19H23ClN4O2S2. The molecule has 0 unspecified atom stereocenters. The van der Waals surface area contributed by atoms with Crippen LogP contribution in [0.2, 0.25) is 5.02 Å². The molecule has 3 rings (SSSR count). The largest absolute Gasteiger partial charge is 0.345 e. The first-order chi connectivity index (χ1) is 13.2. The molecule has 28 heavy (non-hydrogen) atoms. The van der Waals surface area contributed by atoms with Crippen molar-refractivity contribution in [2.75, 3.05) is 27.2 Å². The summed E-state index contributed by atoms with van der Waals surface area (Å²) in [5.74, 6) is 0. The number of sulfonamides is 1. The number of thiazole rings is 1. The van der Waals surface area contributed by atoms with Crippen LogP contribution in [0.3, 0.4) is 0 Å². The van der Waals surface area contributed by atoms with Gasteiger partial charge >= 0.3 is 0 Å². The van der Waals surface area contributed by atoms with Crippen molar-refractivity contribution in [2.45, 2.75) is 11.8 Å². The minimum absolute atomic E-state index is 0.284. The average Bonchev–Trinajstić information content (AvgIpc) is 3.21. The van der Waals surface area contributed by atoms with E-state index in [1.54, 1.807) is 13.0 Å². The Labute approximate surface area is 174 Å². The Bertz CT molecular complexity index is 1070. The maximum Gasteiger partial charge on any atom is 0.242 e. The number of hydrogen-bond acceptors (Lipinski definition) is 5. The third-order valence-corrected chi connectivity index (χ3v) is 7.19. The van der Waals surface area contributed by atoms with Crippen molar-refractivity contribution in [3.8, 4) is 22.0 Å². The smallest absolute Gasteiger partial charge is 0.242 e. The Hall–Kier alpha value is -1.71. The van der Waals surface area contributed by atoms with Crippen LogP contribution in [0.5, 0.6) is 0 Å². The van der Waals surface area contributed by atoms with Crippen LogP contribution in [0.25, 0.3) is 22.0 Å². The minimum atomic E-state index is -3.58. The van der Waals surface area contributed by atoms with E-state index in [1.807, 2.05) is 60.3 Å². The Morgan fingerprint density at radius 3 is 2.57 bits per heavy atom. The summed E-state index contributed by atoms with van der Waals surface area (Å²) in [7, 11) is 2.08. The van der Waals surface area contributed by atoms with Gasteiger partial charge in [-0.1, -0.05) is 23.7 Å². The molecule has 1 aromatic carbocycles. The van der Waals surface area contributed by atoms with Crippen LogP contribution in [-0.2, 0) is 17.1 Å². The van der Waals surface area contributed by atoms with Crippen LogP contribution in [0.1, 0.15) is 5.69 Å². The molecule has 0 atom stereocenters. The highest BCUT2D eigenvalue weighted by atomic mass is 35.5. The molecule has 3 aromatic rings. The normalized spacial score (nSPS) is 12.1. The van der Waals surface area contributed by atoms with Gasteiger partial charge in [-0.15, -0.1) is 11.3 Å². The first kappa shape index (κ1) is 21.0. The van der Waals surface area contributed by atoms with E-state index in [9.17, 15) is 8.42 Å². The van der Waals surface area contributed by atoms with Crippen LogP contribution < -0.4 is 4.72 Å². The van der Waals surface area contributed by atoms with Crippen molar-refractivity contribution >= 4 is 33.0 Å². The van der Waals surface area contributed by atoms with E-state index in [1.165, 1.54) is 11.3 Å². The molecule has 150 valence electrons. The maximum atomic E-state index is 12.7. The molecule has 2 heterocycles. The molecule has 6 nitrogen and oxygen atoms in total. The van der Waals surface area contributed by atoms with E-state index >= 15 is 0 Å². The fraction of sp³-hybridized carbons (Fsp3) is 0.316.